The molecule has 1 unspecified atom stereocenters. The number of ether oxygens (including phenoxy) is 1. The predicted octanol–water partition coefficient (Wildman–Crippen LogP) is 3.18. The van der Waals surface area contributed by atoms with Crippen LogP contribution in [-0.4, -0.2) is 18.1 Å². The molecular weight excluding hydrogens is 224 g/mol. The van der Waals surface area contributed by atoms with Crippen molar-refractivity contribution < 1.29 is 4.74 Å². The first kappa shape index (κ1) is 15.0. The Morgan fingerprint density at radius 3 is 2.56 bits per heavy atom. The maximum absolute atomic E-state index is 5.91. The molecule has 1 rings (SSSR count). The third kappa shape index (κ3) is 4.65. The molecule has 0 aliphatic rings. The maximum atomic E-state index is 5.91. The smallest absolute Gasteiger partial charge is 0.214 e. The number of hydrogen-bond donors (Lipinski definition) is 1. The van der Waals surface area contributed by atoms with Crippen LogP contribution in [0.25, 0.3) is 0 Å². The van der Waals surface area contributed by atoms with Crippen LogP contribution < -0.4 is 10.1 Å². The number of aryl methyl sites for hydroxylation is 1. The Kier molecular flexibility index (Phi) is 6.13. The predicted molar refractivity (Wildman–Crippen MR) is 75.9 cm³/mol. The molecule has 3 nitrogen and oxygen atoms in total. The van der Waals surface area contributed by atoms with Crippen LogP contribution in [0.4, 0.5) is 0 Å². The zero-order valence-electron chi connectivity index (χ0n) is 12.3. The van der Waals surface area contributed by atoms with E-state index in [2.05, 4.69) is 44.1 Å². The van der Waals surface area contributed by atoms with Gasteiger partial charge >= 0.3 is 0 Å². The van der Waals surface area contributed by atoms with E-state index in [1.54, 1.807) is 0 Å². The van der Waals surface area contributed by atoms with Gasteiger partial charge in [0.25, 0.3) is 0 Å². The first-order chi connectivity index (χ1) is 8.56. The first-order valence-corrected chi connectivity index (χ1v) is 6.87. The van der Waals surface area contributed by atoms with Gasteiger partial charge in [0, 0.05) is 18.3 Å². The highest BCUT2D eigenvalue weighted by atomic mass is 16.5. The van der Waals surface area contributed by atoms with Crippen molar-refractivity contribution in [2.24, 2.45) is 5.92 Å². The second-order valence-corrected chi connectivity index (χ2v) is 5.15. The lowest BCUT2D eigenvalue weighted by atomic mass is 10.1. The lowest BCUT2D eigenvalue weighted by Crippen LogP contribution is -2.19. The third-order valence-electron chi connectivity index (χ3n) is 3.05. The topological polar surface area (TPSA) is 34.1 Å². The van der Waals surface area contributed by atoms with Crippen molar-refractivity contribution in [3.8, 4) is 5.88 Å². The Balaban J connectivity index is 2.87. The second kappa shape index (κ2) is 7.37. The fourth-order valence-electron chi connectivity index (χ4n) is 1.70. The molecule has 0 spiro atoms. The molecule has 1 N–H and O–H groups in total. The highest BCUT2D eigenvalue weighted by molar-refractivity contribution is 5.25. The van der Waals surface area contributed by atoms with Gasteiger partial charge in [0.15, 0.2) is 0 Å². The standard InChI is InChI=1S/C15H26N2O/c1-6-7-14-8-13(10-16-5)9-15(17-14)18-12(4)11(2)3/h8-9,11-12,16H,6-7,10H2,1-5H3. The van der Waals surface area contributed by atoms with Crippen LogP contribution in [0.5, 0.6) is 5.88 Å². The number of rotatable bonds is 7. The molecule has 1 aromatic rings. The van der Waals surface area contributed by atoms with Crippen LogP contribution in [-0.2, 0) is 13.0 Å². The van der Waals surface area contributed by atoms with Gasteiger partial charge in [-0.15, -0.1) is 0 Å². The van der Waals surface area contributed by atoms with Crippen molar-refractivity contribution >= 4 is 0 Å². The number of nitrogens with zero attached hydrogens (tertiary/aromatic N) is 1. The van der Waals surface area contributed by atoms with E-state index in [0.29, 0.717) is 5.92 Å². The summed E-state index contributed by atoms with van der Waals surface area (Å²) in [4.78, 5) is 4.58. The molecule has 1 atom stereocenters. The van der Waals surface area contributed by atoms with Crippen molar-refractivity contribution in [3.05, 3.63) is 23.4 Å². The lowest BCUT2D eigenvalue weighted by molar-refractivity contribution is 0.163. The number of nitrogens with one attached hydrogen (secondary N) is 1. The summed E-state index contributed by atoms with van der Waals surface area (Å²) in [6.45, 7) is 9.44. The average Bonchev–Trinajstić information content (AvgIpc) is 2.29. The van der Waals surface area contributed by atoms with E-state index in [1.165, 1.54) is 5.56 Å². The van der Waals surface area contributed by atoms with E-state index in [9.17, 15) is 0 Å². The van der Waals surface area contributed by atoms with E-state index in [-0.39, 0.29) is 6.10 Å². The van der Waals surface area contributed by atoms with Gasteiger partial charge < -0.3 is 10.1 Å². The molecule has 0 bridgehead atoms. The Morgan fingerprint density at radius 2 is 2.00 bits per heavy atom. The summed E-state index contributed by atoms with van der Waals surface area (Å²) in [7, 11) is 1.96. The van der Waals surface area contributed by atoms with E-state index in [1.807, 2.05) is 13.1 Å². The molecule has 0 fully saturated rings. The Morgan fingerprint density at radius 1 is 1.28 bits per heavy atom. The maximum Gasteiger partial charge on any atom is 0.214 e. The van der Waals surface area contributed by atoms with Crippen LogP contribution in [0.3, 0.4) is 0 Å². The minimum Gasteiger partial charge on any atom is -0.474 e. The fourth-order valence-corrected chi connectivity index (χ4v) is 1.70. The summed E-state index contributed by atoms with van der Waals surface area (Å²) in [5.74, 6) is 1.25. The zero-order chi connectivity index (χ0) is 13.5. The van der Waals surface area contributed by atoms with Crippen LogP contribution in [0.15, 0.2) is 12.1 Å². The van der Waals surface area contributed by atoms with Crippen molar-refractivity contribution in [2.45, 2.75) is 53.2 Å². The van der Waals surface area contributed by atoms with E-state index in [4.69, 9.17) is 4.74 Å². The van der Waals surface area contributed by atoms with E-state index < -0.39 is 0 Å². The van der Waals surface area contributed by atoms with E-state index in [0.717, 1.165) is 31.0 Å². The highest BCUT2D eigenvalue weighted by Crippen LogP contribution is 2.17. The molecule has 3 heteroatoms. The molecule has 0 saturated heterocycles. The Labute approximate surface area is 111 Å². The molecule has 1 heterocycles. The molecule has 102 valence electrons. The molecule has 0 aliphatic carbocycles. The van der Waals surface area contributed by atoms with Gasteiger partial charge in [-0.25, -0.2) is 4.98 Å². The van der Waals surface area contributed by atoms with Crippen LogP contribution in [0.2, 0.25) is 0 Å². The lowest BCUT2D eigenvalue weighted by Gasteiger charge is -2.18. The molecule has 18 heavy (non-hydrogen) atoms. The van der Waals surface area contributed by atoms with Crippen LogP contribution in [0, 0.1) is 5.92 Å². The van der Waals surface area contributed by atoms with Crippen molar-refractivity contribution in [2.75, 3.05) is 7.05 Å². The first-order valence-electron chi connectivity index (χ1n) is 6.87. The van der Waals surface area contributed by atoms with Crippen LogP contribution in [0.1, 0.15) is 45.4 Å². The minimum absolute atomic E-state index is 0.191. The second-order valence-electron chi connectivity index (χ2n) is 5.15. The van der Waals surface area contributed by atoms with Crippen LogP contribution >= 0.6 is 0 Å². The van der Waals surface area contributed by atoms with Gasteiger partial charge in [0.1, 0.15) is 0 Å². The summed E-state index contributed by atoms with van der Waals surface area (Å²) in [5.41, 5.74) is 2.36. The monoisotopic (exact) mass is 250 g/mol. The van der Waals surface area contributed by atoms with Crippen molar-refractivity contribution in [1.82, 2.24) is 10.3 Å². The quantitative estimate of drug-likeness (QED) is 0.807. The number of aromatic nitrogens is 1. The van der Waals surface area contributed by atoms with Gasteiger partial charge in [-0.3, -0.25) is 0 Å². The molecule has 0 saturated carbocycles. The molecule has 0 radical (unpaired) electrons. The molecule has 0 aliphatic heterocycles. The third-order valence-corrected chi connectivity index (χ3v) is 3.05. The van der Waals surface area contributed by atoms with Crippen molar-refractivity contribution in [1.29, 1.82) is 0 Å². The largest absolute Gasteiger partial charge is 0.474 e. The van der Waals surface area contributed by atoms with Gasteiger partial charge in [0.2, 0.25) is 5.88 Å². The summed E-state index contributed by atoms with van der Waals surface area (Å²) >= 11 is 0. The van der Waals surface area contributed by atoms with Crippen molar-refractivity contribution in [3.63, 3.8) is 0 Å². The molecular formula is C15H26N2O. The highest BCUT2D eigenvalue weighted by Gasteiger charge is 2.11. The van der Waals surface area contributed by atoms with Gasteiger partial charge in [0.05, 0.1) is 6.10 Å². The number of hydrogen-bond acceptors (Lipinski definition) is 3. The number of pyridine rings is 1. The summed E-state index contributed by atoms with van der Waals surface area (Å²) in [6, 6.07) is 4.20. The minimum atomic E-state index is 0.191. The van der Waals surface area contributed by atoms with Gasteiger partial charge in [-0.1, -0.05) is 27.2 Å². The molecule has 1 aromatic heterocycles. The zero-order valence-corrected chi connectivity index (χ0v) is 12.3. The van der Waals surface area contributed by atoms with E-state index >= 15 is 0 Å². The average molecular weight is 250 g/mol. The molecule has 0 amide bonds. The SMILES string of the molecule is CCCc1cc(CNC)cc(OC(C)C(C)C)n1. The normalized spacial score (nSPS) is 12.8. The Bertz CT molecular complexity index is 339. The summed E-state index contributed by atoms with van der Waals surface area (Å²) in [6.07, 6.45) is 2.30. The van der Waals surface area contributed by atoms with Gasteiger partial charge in [-0.2, -0.15) is 0 Å². The summed E-state index contributed by atoms with van der Waals surface area (Å²) < 4.78 is 5.91. The Hall–Kier alpha value is -1.09. The fraction of sp³-hybridized carbons (Fsp3) is 0.667. The molecule has 0 aromatic carbocycles. The summed E-state index contributed by atoms with van der Waals surface area (Å²) in [5, 5.41) is 3.17. The van der Waals surface area contributed by atoms with Gasteiger partial charge in [-0.05, 0) is 37.9 Å².